The van der Waals surface area contributed by atoms with E-state index in [1.54, 1.807) is 36.4 Å². The number of nitrogens with one attached hydrogen (secondary N) is 3. The van der Waals surface area contributed by atoms with Crippen LogP contribution in [0.25, 0.3) is 0 Å². The molecule has 0 aromatic heterocycles. The van der Waals surface area contributed by atoms with Gasteiger partial charge in [0.1, 0.15) is 0 Å². The minimum atomic E-state index is -0.191. The number of hydrogen-bond acceptors (Lipinski definition) is 2. The topological polar surface area (TPSA) is 91.0 Å². The number of guanidine groups is 1. The summed E-state index contributed by atoms with van der Waals surface area (Å²) < 4.78 is 0. The van der Waals surface area contributed by atoms with Gasteiger partial charge in [-0.2, -0.15) is 0 Å². The second-order valence-corrected chi connectivity index (χ2v) is 4.86. The van der Waals surface area contributed by atoms with Gasteiger partial charge in [-0.15, -0.1) is 12.4 Å². The molecule has 0 aliphatic carbocycles. The fourth-order valence-electron chi connectivity index (χ4n) is 1.71. The van der Waals surface area contributed by atoms with Crippen LogP contribution in [0.15, 0.2) is 48.5 Å². The third kappa shape index (κ3) is 5.27. The number of nitrogens with two attached hydrogens (primary N) is 1. The number of hydrogen-bond donors (Lipinski definition) is 4. The number of amides is 1. The second kappa shape index (κ2) is 8.26. The fraction of sp³-hybridized carbons (Fsp3) is 0.0667. The molecule has 22 heavy (non-hydrogen) atoms. The van der Waals surface area contributed by atoms with E-state index in [0.29, 0.717) is 22.8 Å². The Bertz CT molecular complexity index is 642. The molecule has 0 heterocycles. The molecule has 2 aromatic rings. The van der Waals surface area contributed by atoms with Gasteiger partial charge < -0.3 is 16.4 Å². The lowest BCUT2D eigenvalue weighted by Gasteiger charge is -2.07. The molecule has 0 radical (unpaired) electrons. The first-order chi connectivity index (χ1) is 10.0. The zero-order valence-corrected chi connectivity index (χ0v) is 13.2. The molecule has 7 heteroatoms. The van der Waals surface area contributed by atoms with Crippen LogP contribution in [0.1, 0.15) is 15.9 Å². The van der Waals surface area contributed by atoms with Crippen LogP contribution in [-0.2, 0) is 6.54 Å². The van der Waals surface area contributed by atoms with Gasteiger partial charge in [0, 0.05) is 22.8 Å². The summed E-state index contributed by atoms with van der Waals surface area (Å²) in [4.78, 5) is 12.1. The molecule has 5 nitrogen and oxygen atoms in total. The Morgan fingerprint density at radius 3 is 2.23 bits per heavy atom. The first kappa shape index (κ1) is 17.8. The molecule has 0 spiro atoms. The minimum Gasteiger partial charge on any atom is -0.370 e. The summed E-state index contributed by atoms with van der Waals surface area (Å²) in [6.45, 7) is 0.453. The van der Waals surface area contributed by atoms with Crippen LogP contribution >= 0.6 is 24.0 Å². The van der Waals surface area contributed by atoms with Crippen molar-refractivity contribution >= 4 is 41.6 Å². The summed E-state index contributed by atoms with van der Waals surface area (Å²) in [5.74, 6) is -0.275. The van der Waals surface area contributed by atoms with Crippen LogP contribution < -0.4 is 16.4 Å². The normalized spacial score (nSPS) is 9.50. The van der Waals surface area contributed by atoms with Crippen LogP contribution in [0.3, 0.4) is 0 Å². The number of benzene rings is 2. The number of carbonyl (C=O) groups excluding carboxylic acids is 1. The van der Waals surface area contributed by atoms with Crippen molar-refractivity contribution < 1.29 is 4.79 Å². The van der Waals surface area contributed by atoms with Crippen molar-refractivity contribution in [2.75, 3.05) is 5.32 Å². The monoisotopic (exact) mass is 338 g/mol. The molecule has 2 rings (SSSR count). The van der Waals surface area contributed by atoms with E-state index in [-0.39, 0.29) is 24.3 Å². The first-order valence-corrected chi connectivity index (χ1v) is 6.66. The summed E-state index contributed by atoms with van der Waals surface area (Å²) in [5.41, 5.74) is 7.39. The number of rotatable bonds is 4. The molecule has 116 valence electrons. The maximum atomic E-state index is 12.1. The van der Waals surface area contributed by atoms with Gasteiger partial charge in [-0.05, 0) is 42.0 Å². The smallest absolute Gasteiger partial charge is 0.255 e. The summed E-state index contributed by atoms with van der Waals surface area (Å²) in [7, 11) is 0. The largest absolute Gasteiger partial charge is 0.370 e. The quantitative estimate of drug-likeness (QED) is 0.510. The lowest BCUT2D eigenvalue weighted by atomic mass is 10.1. The van der Waals surface area contributed by atoms with E-state index in [0.717, 1.165) is 5.56 Å². The third-order valence-corrected chi connectivity index (χ3v) is 3.05. The van der Waals surface area contributed by atoms with Crippen molar-refractivity contribution in [3.8, 4) is 0 Å². The Morgan fingerprint density at radius 1 is 1.09 bits per heavy atom. The molecule has 5 N–H and O–H groups in total. The lowest BCUT2D eigenvalue weighted by molar-refractivity contribution is 0.102. The highest BCUT2D eigenvalue weighted by molar-refractivity contribution is 6.30. The molecular formula is C15H16Cl2N4O. The van der Waals surface area contributed by atoms with Gasteiger partial charge in [0.25, 0.3) is 5.91 Å². The van der Waals surface area contributed by atoms with Gasteiger partial charge in [-0.3, -0.25) is 10.2 Å². The van der Waals surface area contributed by atoms with Crippen LogP contribution in [0, 0.1) is 5.41 Å². The zero-order chi connectivity index (χ0) is 15.2. The molecule has 1 amide bonds. The molecule has 0 aliphatic heterocycles. The van der Waals surface area contributed by atoms with Crippen molar-refractivity contribution in [1.82, 2.24) is 5.32 Å². The third-order valence-electron chi connectivity index (χ3n) is 2.80. The van der Waals surface area contributed by atoms with Gasteiger partial charge in [0.15, 0.2) is 5.96 Å². The lowest BCUT2D eigenvalue weighted by Crippen LogP contribution is -2.29. The molecular weight excluding hydrogens is 323 g/mol. The van der Waals surface area contributed by atoms with Gasteiger partial charge in [-0.1, -0.05) is 23.7 Å². The van der Waals surface area contributed by atoms with Gasteiger partial charge in [-0.25, -0.2) is 0 Å². The van der Waals surface area contributed by atoms with E-state index >= 15 is 0 Å². The SMILES string of the molecule is Cl.N=C(N)NCc1ccc(C(=O)Nc2ccc(Cl)cc2)cc1. The maximum Gasteiger partial charge on any atom is 0.255 e. The molecule has 0 atom stereocenters. The number of anilines is 1. The summed E-state index contributed by atoms with van der Waals surface area (Å²) in [6, 6.07) is 14.0. The Hall–Kier alpha value is -2.24. The Morgan fingerprint density at radius 2 is 1.68 bits per heavy atom. The fourth-order valence-corrected chi connectivity index (χ4v) is 1.83. The average Bonchev–Trinajstić information content (AvgIpc) is 2.48. The zero-order valence-electron chi connectivity index (χ0n) is 11.6. The predicted molar refractivity (Wildman–Crippen MR) is 91.8 cm³/mol. The van der Waals surface area contributed by atoms with E-state index in [4.69, 9.17) is 22.7 Å². The van der Waals surface area contributed by atoms with Crippen molar-refractivity contribution in [3.05, 3.63) is 64.7 Å². The van der Waals surface area contributed by atoms with Gasteiger partial charge in [0.2, 0.25) is 0 Å². The van der Waals surface area contributed by atoms with Gasteiger partial charge in [0.05, 0.1) is 0 Å². The highest BCUT2D eigenvalue weighted by Gasteiger charge is 2.06. The summed E-state index contributed by atoms with van der Waals surface area (Å²) >= 11 is 5.79. The molecule has 2 aromatic carbocycles. The Labute approximate surface area is 139 Å². The van der Waals surface area contributed by atoms with E-state index in [1.807, 2.05) is 12.1 Å². The van der Waals surface area contributed by atoms with E-state index in [9.17, 15) is 4.79 Å². The first-order valence-electron chi connectivity index (χ1n) is 6.28. The van der Waals surface area contributed by atoms with Gasteiger partial charge >= 0.3 is 0 Å². The van der Waals surface area contributed by atoms with E-state index < -0.39 is 0 Å². The van der Waals surface area contributed by atoms with E-state index in [1.165, 1.54) is 0 Å². The average molecular weight is 339 g/mol. The highest BCUT2D eigenvalue weighted by Crippen LogP contribution is 2.14. The highest BCUT2D eigenvalue weighted by atomic mass is 35.5. The number of halogens is 2. The molecule has 0 aliphatic rings. The molecule has 0 bridgehead atoms. The standard InChI is InChI=1S/C15H15ClN4O.ClH/c16-12-5-7-13(8-6-12)20-14(21)11-3-1-10(2-4-11)9-19-15(17)18;/h1-8H,9H2,(H,20,21)(H4,17,18,19);1H. The van der Waals surface area contributed by atoms with Crippen molar-refractivity contribution in [2.24, 2.45) is 5.73 Å². The van der Waals surface area contributed by atoms with Crippen molar-refractivity contribution in [2.45, 2.75) is 6.54 Å². The summed E-state index contributed by atoms with van der Waals surface area (Å²) in [6.07, 6.45) is 0. The van der Waals surface area contributed by atoms with Crippen LogP contribution in [0.5, 0.6) is 0 Å². The van der Waals surface area contributed by atoms with E-state index in [2.05, 4.69) is 10.6 Å². The molecule has 0 unspecified atom stereocenters. The summed E-state index contributed by atoms with van der Waals surface area (Å²) in [5, 5.41) is 13.2. The molecule has 0 fully saturated rings. The van der Waals surface area contributed by atoms with Crippen molar-refractivity contribution in [3.63, 3.8) is 0 Å². The van der Waals surface area contributed by atoms with Crippen LogP contribution in [-0.4, -0.2) is 11.9 Å². The Balaban J connectivity index is 0.00000242. The molecule has 0 saturated heterocycles. The second-order valence-electron chi connectivity index (χ2n) is 4.43. The van der Waals surface area contributed by atoms with Crippen molar-refractivity contribution in [1.29, 1.82) is 5.41 Å². The number of carbonyl (C=O) groups is 1. The Kier molecular flexibility index (Phi) is 6.69. The predicted octanol–water partition coefficient (Wildman–Crippen LogP) is 3.00. The minimum absolute atomic E-state index is 0. The van der Waals surface area contributed by atoms with Crippen LogP contribution in [0.2, 0.25) is 5.02 Å². The van der Waals surface area contributed by atoms with Crippen LogP contribution in [0.4, 0.5) is 5.69 Å². The molecule has 0 saturated carbocycles. The maximum absolute atomic E-state index is 12.1.